The van der Waals surface area contributed by atoms with Crippen LogP contribution in [0.5, 0.6) is 0 Å². The summed E-state index contributed by atoms with van der Waals surface area (Å²) in [5.41, 5.74) is 5.83. The van der Waals surface area contributed by atoms with Crippen molar-refractivity contribution in [3.05, 3.63) is 95.1 Å². The molecule has 0 spiro atoms. The number of methoxy groups -OCH3 is 2. The number of rotatable bonds is 9. The molecular weight excluding hydrogens is 442 g/mol. The van der Waals surface area contributed by atoms with Crippen molar-refractivity contribution >= 4 is 34.5 Å². The Labute approximate surface area is 205 Å². The van der Waals surface area contributed by atoms with E-state index in [9.17, 15) is 9.59 Å². The lowest BCUT2D eigenvalue weighted by Gasteiger charge is -2.17. The van der Waals surface area contributed by atoms with E-state index in [0.717, 1.165) is 29.9 Å². The Morgan fingerprint density at radius 3 is 2.40 bits per heavy atom. The van der Waals surface area contributed by atoms with Crippen molar-refractivity contribution in [1.29, 1.82) is 0 Å². The first-order chi connectivity index (χ1) is 17.0. The summed E-state index contributed by atoms with van der Waals surface area (Å²) in [6, 6.07) is 23.0. The Morgan fingerprint density at radius 2 is 1.71 bits per heavy atom. The zero-order valence-corrected chi connectivity index (χ0v) is 20.1. The number of carbonyl (C=O) groups excluding carboxylic acids is 2. The van der Waals surface area contributed by atoms with Gasteiger partial charge < -0.3 is 20.1 Å². The van der Waals surface area contributed by atoms with Crippen molar-refractivity contribution < 1.29 is 19.1 Å². The van der Waals surface area contributed by atoms with E-state index in [1.165, 1.54) is 12.7 Å². The molecule has 2 N–H and O–H groups in total. The van der Waals surface area contributed by atoms with Crippen LogP contribution in [0, 0.1) is 0 Å². The van der Waals surface area contributed by atoms with Crippen LogP contribution in [-0.2, 0) is 20.8 Å². The molecule has 0 aliphatic carbocycles. The molecular formula is C28H29N3O4. The van der Waals surface area contributed by atoms with Crippen LogP contribution in [-0.4, -0.2) is 51.2 Å². The SMILES string of the molecule is COCCN(C)Cc1ccc(N/C(=C2/C(=O)Nc3cc(C(=O)OC)ccc32)c2ccccc2)cc1. The summed E-state index contributed by atoms with van der Waals surface area (Å²) < 4.78 is 9.96. The number of benzene rings is 3. The average Bonchev–Trinajstić information content (AvgIpc) is 3.21. The molecule has 4 rings (SSSR count). The van der Waals surface area contributed by atoms with Crippen LogP contribution in [0.15, 0.2) is 72.8 Å². The molecule has 0 atom stereocenters. The summed E-state index contributed by atoms with van der Waals surface area (Å²) in [6.07, 6.45) is 0. The second kappa shape index (κ2) is 11.0. The number of esters is 1. The van der Waals surface area contributed by atoms with E-state index in [2.05, 4.69) is 34.7 Å². The van der Waals surface area contributed by atoms with E-state index in [1.807, 2.05) is 42.5 Å². The average molecular weight is 472 g/mol. The molecule has 0 fully saturated rings. The van der Waals surface area contributed by atoms with E-state index in [1.54, 1.807) is 25.3 Å². The van der Waals surface area contributed by atoms with Gasteiger partial charge in [-0.15, -0.1) is 0 Å². The van der Waals surface area contributed by atoms with Crippen molar-refractivity contribution in [3.63, 3.8) is 0 Å². The fourth-order valence-electron chi connectivity index (χ4n) is 4.03. The minimum absolute atomic E-state index is 0.232. The summed E-state index contributed by atoms with van der Waals surface area (Å²) in [5, 5.41) is 6.36. The van der Waals surface area contributed by atoms with Gasteiger partial charge in [-0.05, 0) is 42.4 Å². The predicted octanol–water partition coefficient (Wildman–Crippen LogP) is 4.48. The molecule has 0 unspecified atom stereocenters. The molecule has 0 saturated heterocycles. The van der Waals surface area contributed by atoms with E-state index >= 15 is 0 Å². The summed E-state index contributed by atoms with van der Waals surface area (Å²) in [4.78, 5) is 27.3. The summed E-state index contributed by atoms with van der Waals surface area (Å²) in [7, 11) is 5.10. The highest BCUT2D eigenvalue weighted by atomic mass is 16.5. The van der Waals surface area contributed by atoms with Crippen molar-refractivity contribution in [1.82, 2.24) is 4.90 Å². The highest BCUT2D eigenvalue weighted by Crippen LogP contribution is 2.38. The number of likely N-dealkylation sites (N-methyl/N-ethyl adjacent to an activating group) is 1. The van der Waals surface area contributed by atoms with Crippen LogP contribution in [0.1, 0.15) is 27.0 Å². The predicted molar refractivity (Wildman–Crippen MR) is 138 cm³/mol. The number of hydrogen-bond acceptors (Lipinski definition) is 6. The van der Waals surface area contributed by atoms with Gasteiger partial charge in [0, 0.05) is 31.5 Å². The fraction of sp³-hybridized carbons (Fsp3) is 0.214. The molecule has 3 aromatic rings. The van der Waals surface area contributed by atoms with Gasteiger partial charge in [-0.3, -0.25) is 9.69 Å². The van der Waals surface area contributed by atoms with E-state index in [-0.39, 0.29) is 5.91 Å². The van der Waals surface area contributed by atoms with Crippen molar-refractivity contribution in [3.8, 4) is 0 Å². The lowest BCUT2D eigenvalue weighted by atomic mass is 9.99. The third kappa shape index (κ3) is 5.59. The first-order valence-electron chi connectivity index (χ1n) is 11.4. The number of hydrogen-bond donors (Lipinski definition) is 2. The second-order valence-corrected chi connectivity index (χ2v) is 8.37. The second-order valence-electron chi connectivity index (χ2n) is 8.37. The first kappa shape index (κ1) is 24.2. The van der Waals surface area contributed by atoms with Gasteiger partial charge in [0.1, 0.15) is 0 Å². The first-order valence-corrected chi connectivity index (χ1v) is 11.4. The zero-order chi connectivity index (χ0) is 24.8. The Balaban J connectivity index is 1.67. The Hall–Kier alpha value is -3.94. The Morgan fingerprint density at radius 1 is 0.971 bits per heavy atom. The van der Waals surface area contributed by atoms with Gasteiger partial charge in [-0.2, -0.15) is 0 Å². The standard InChI is InChI=1S/C28H29N3O4/c1-31(15-16-34-2)18-19-9-12-22(13-10-19)29-26(20-7-5-4-6-8-20)25-23-14-11-21(28(33)35-3)17-24(23)30-27(25)32/h4-14,17,29H,15-16,18H2,1-3H3,(H,30,32)/b26-25+. The van der Waals surface area contributed by atoms with Crippen LogP contribution >= 0.6 is 0 Å². The maximum absolute atomic E-state index is 13.1. The smallest absolute Gasteiger partial charge is 0.337 e. The molecule has 1 heterocycles. The molecule has 1 amide bonds. The number of carbonyl (C=O) groups is 2. The fourth-order valence-corrected chi connectivity index (χ4v) is 4.03. The number of amides is 1. The van der Waals surface area contributed by atoms with Gasteiger partial charge in [-0.1, -0.05) is 48.5 Å². The molecule has 180 valence electrons. The molecule has 0 saturated carbocycles. The van der Waals surface area contributed by atoms with Gasteiger partial charge in [-0.25, -0.2) is 4.79 Å². The quantitative estimate of drug-likeness (QED) is 0.354. The van der Waals surface area contributed by atoms with E-state index in [0.29, 0.717) is 29.1 Å². The number of nitrogens with zero attached hydrogens (tertiary/aromatic N) is 1. The Bertz CT molecular complexity index is 1240. The third-order valence-electron chi connectivity index (χ3n) is 5.85. The van der Waals surface area contributed by atoms with Gasteiger partial charge in [0.05, 0.1) is 36.2 Å². The molecule has 1 aliphatic heterocycles. The van der Waals surface area contributed by atoms with Gasteiger partial charge in [0.25, 0.3) is 5.91 Å². The Kier molecular flexibility index (Phi) is 7.60. The van der Waals surface area contributed by atoms with E-state index in [4.69, 9.17) is 9.47 Å². The van der Waals surface area contributed by atoms with E-state index < -0.39 is 5.97 Å². The topological polar surface area (TPSA) is 79.9 Å². The van der Waals surface area contributed by atoms with Crippen LogP contribution in [0.2, 0.25) is 0 Å². The highest BCUT2D eigenvalue weighted by molar-refractivity contribution is 6.37. The zero-order valence-electron chi connectivity index (χ0n) is 20.1. The molecule has 3 aromatic carbocycles. The van der Waals surface area contributed by atoms with Crippen LogP contribution in [0.3, 0.4) is 0 Å². The monoisotopic (exact) mass is 471 g/mol. The molecule has 7 heteroatoms. The number of nitrogens with one attached hydrogen (secondary N) is 2. The summed E-state index contributed by atoms with van der Waals surface area (Å²) in [6.45, 7) is 2.36. The normalized spacial score (nSPS) is 13.9. The minimum Gasteiger partial charge on any atom is -0.465 e. The number of anilines is 2. The minimum atomic E-state index is -0.450. The summed E-state index contributed by atoms with van der Waals surface area (Å²) >= 11 is 0. The van der Waals surface area contributed by atoms with Crippen molar-refractivity contribution in [2.45, 2.75) is 6.54 Å². The lowest BCUT2D eigenvalue weighted by Crippen LogP contribution is -2.22. The maximum atomic E-state index is 13.1. The molecule has 7 nitrogen and oxygen atoms in total. The van der Waals surface area contributed by atoms with Gasteiger partial charge >= 0.3 is 5.97 Å². The lowest BCUT2D eigenvalue weighted by molar-refractivity contribution is -0.110. The number of fused-ring (bicyclic) bond motifs is 1. The summed E-state index contributed by atoms with van der Waals surface area (Å²) in [5.74, 6) is -0.682. The molecule has 0 aromatic heterocycles. The molecule has 35 heavy (non-hydrogen) atoms. The van der Waals surface area contributed by atoms with Gasteiger partial charge in [0.2, 0.25) is 0 Å². The van der Waals surface area contributed by atoms with Crippen molar-refractivity contribution in [2.24, 2.45) is 0 Å². The van der Waals surface area contributed by atoms with Crippen LogP contribution < -0.4 is 10.6 Å². The largest absolute Gasteiger partial charge is 0.465 e. The molecule has 0 bridgehead atoms. The van der Waals surface area contributed by atoms with Crippen LogP contribution in [0.4, 0.5) is 11.4 Å². The molecule has 0 radical (unpaired) electrons. The maximum Gasteiger partial charge on any atom is 0.337 e. The van der Waals surface area contributed by atoms with Gasteiger partial charge in [0.15, 0.2) is 0 Å². The third-order valence-corrected chi connectivity index (χ3v) is 5.85. The van der Waals surface area contributed by atoms with Crippen molar-refractivity contribution in [2.75, 3.05) is 45.1 Å². The molecule has 1 aliphatic rings. The van der Waals surface area contributed by atoms with Crippen LogP contribution in [0.25, 0.3) is 11.3 Å². The highest BCUT2D eigenvalue weighted by Gasteiger charge is 2.29. The number of ether oxygens (including phenoxy) is 2.